The molecule has 0 radical (unpaired) electrons. The normalized spacial score (nSPS) is 36.9. The molecule has 12 rings (SSSR count). The van der Waals surface area contributed by atoms with E-state index in [2.05, 4.69) is 77.7 Å². The highest BCUT2D eigenvalue weighted by molar-refractivity contribution is 7.99. The van der Waals surface area contributed by atoms with E-state index in [-0.39, 0.29) is 0 Å². The molecular weight excluding hydrogens is 454 g/mol. The second-order valence-corrected chi connectivity index (χ2v) is 13.9. The number of thioether (sulfide) groups is 1. The molecule has 1 N–H and O–H groups in total. The molecule has 36 heavy (non-hydrogen) atoms. The Bertz CT molecular complexity index is 1370. The van der Waals surface area contributed by atoms with Crippen molar-refractivity contribution in [2.24, 2.45) is 0 Å². The number of piperidine rings is 1. The zero-order valence-corrected chi connectivity index (χ0v) is 21.8. The first-order valence-corrected chi connectivity index (χ1v) is 15.6. The SMILES string of the molecule is c1ccc2c(c1)C1CC(c3ccc4c(c3)C3CNC4C(c4ccc5c(c4)C4CCC5CC4)C3)C2CS1. The van der Waals surface area contributed by atoms with Gasteiger partial charge in [-0.25, -0.2) is 0 Å². The maximum atomic E-state index is 3.97. The van der Waals surface area contributed by atoms with Crippen LogP contribution in [-0.4, -0.2) is 12.3 Å². The fraction of sp³-hybridized carbons (Fsp3) is 0.471. The molecule has 0 spiro atoms. The zero-order valence-electron chi connectivity index (χ0n) is 21.0. The highest BCUT2D eigenvalue weighted by Crippen LogP contribution is 2.59. The lowest BCUT2D eigenvalue weighted by Gasteiger charge is -2.47. The van der Waals surface area contributed by atoms with Crippen LogP contribution in [0.25, 0.3) is 0 Å². The minimum Gasteiger partial charge on any atom is -0.309 e. The average Bonchev–Trinajstić information content (AvgIpc) is 2.98. The molecule has 1 saturated carbocycles. The van der Waals surface area contributed by atoms with E-state index in [1.807, 2.05) is 0 Å². The molecule has 6 bridgehead atoms. The van der Waals surface area contributed by atoms with Gasteiger partial charge in [0.2, 0.25) is 0 Å². The Morgan fingerprint density at radius 1 is 0.583 bits per heavy atom. The average molecular weight is 490 g/mol. The van der Waals surface area contributed by atoms with E-state index >= 15 is 0 Å². The predicted molar refractivity (Wildman–Crippen MR) is 149 cm³/mol. The number of nitrogens with one attached hydrogen (secondary N) is 1. The highest BCUT2D eigenvalue weighted by atomic mass is 32.2. The largest absolute Gasteiger partial charge is 0.309 e. The van der Waals surface area contributed by atoms with Crippen LogP contribution in [0.5, 0.6) is 0 Å². The van der Waals surface area contributed by atoms with Crippen molar-refractivity contribution in [3.63, 3.8) is 0 Å². The van der Waals surface area contributed by atoms with Crippen LogP contribution >= 0.6 is 11.8 Å². The predicted octanol–water partition coefficient (Wildman–Crippen LogP) is 8.42. The van der Waals surface area contributed by atoms with E-state index < -0.39 is 0 Å². The summed E-state index contributed by atoms with van der Waals surface area (Å²) in [6.07, 6.45) is 8.33. The van der Waals surface area contributed by atoms with Gasteiger partial charge in [0.15, 0.2) is 0 Å². The molecule has 3 fully saturated rings. The highest BCUT2D eigenvalue weighted by Gasteiger charge is 2.44. The maximum Gasteiger partial charge on any atom is 0.0392 e. The number of benzene rings is 3. The Morgan fingerprint density at radius 3 is 2.11 bits per heavy atom. The topological polar surface area (TPSA) is 12.0 Å². The molecule has 4 heterocycles. The first-order valence-electron chi connectivity index (χ1n) is 14.5. The van der Waals surface area contributed by atoms with E-state index in [1.165, 1.54) is 44.3 Å². The Hall–Kier alpha value is -2.03. The van der Waals surface area contributed by atoms with E-state index in [1.54, 1.807) is 44.5 Å². The van der Waals surface area contributed by atoms with Crippen LogP contribution in [0.1, 0.15) is 130 Å². The molecule has 182 valence electrons. The monoisotopic (exact) mass is 489 g/mol. The molecule has 2 saturated heterocycles. The van der Waals surface area contributed by atoms with Crippen LogP contribution in [-0.2, 0) is 0 Å². The lowest BCUT2D eigenvalue weighted by molar-refractivity contribution is 0.292. The minimum atomic E-state index is 0.483. The van der Waals surface area contributed by atoms with Crippen molar-refractivity contribution >= 4 is 11.8 Å². The van der Waals surface area contributed by atoms with Crippen molar-refractivity contribution in [3.8, 4) is 0 Å². The molecule has 6 atom stereocenters. The summed E-state index contributed by atoms with van der Waals surface area (Å²) in [5, 5.41) is 4.66. The van der Waals surface area contributed by atoms with E-state index in [0.717, 1.165) is 18.4 Å². The van der Waals surface area contributed by atoms with Crippen molar-refractivity contribution < 1.29 is 0 Å². The Balaban J connectivity index is 1.05. The number of fused-ring (bicyclic) bond motifs is 6. The van der Waals surface area contributed by atoms with E-state index in [4.69, 9.17) is 0 Å². The third kappa shape index (κ3) is 2.89. The molecule has 1 nitrogen and oxygen atoms in total. The van der Waals surface area contributed by atoms with Crippen molar-refractivity contribution in [3.05, 3.63) is 105 Å². The number of hydrogen-bond acceptors (Lipinski definition) is 2. The third-order valence-corrected chi connectivity index (χ3v) is 12.6. The summed E-state index contributed by atoms with van der Waals surface area (Å²) in [5.41, 5.74) is 13.2. The van der Waals surface area contributed by atoms with Crippen LogP contribution < -0.4 is 5.32 Å². The lowest BCUT2D eigenvalue weighted by Crippen LogP contribution is -2.43. The second kappa shape index (κ2) is 7.74. The number of rotatable bonds is 2. The molecule has 3 aromatic carbocycles. The summed E-state index contributed by atoms with van der Waals surface area (Å²) in [7, 11) is 0. The van der Waals surface area contributed by atoms with Gasteiger partial charge in [0, 0.05) is 35.4 Å². The minimum absolute atomic E-state index is 0.483. The van der Waals surface area contributed by atoms with Crippen LogP contribution in [0.15, 0.2) is 60.7 Å². The van der Waals surface area contributed by atoms with Crippen LogP contribution in [0, 0.1) is 0 Å². The first-order chi connectivity index (χ1) is 17.8. The molecule has 0 aromatic heterocycles. The van der Waals surface area contributed by atoms with E-state index in [9.17, 15) is 0 Å². The lowest BCUT2D eigenvalue weighted by atomic mass is 9.64. The Labute approximate surface area is 219 Å². The van der Waals surface area contributed by atoms with Crippen molar-refractivity contribution in [1.82, 2.24) is 5.32 Å². The summed E-state index contributed by atoms with van der Waals surface area (Å²) in [6.45, 7) is 1.16. The quantitative estimate of drug-likeness (QED) is 0.388. The van der Waals surface area contributed by atoms with Gasteiger partial charge in [0.25, 0.3) is 0 Å². The third-order valence-electron chi connectivity index (χ3n) is 11.2. The van der Waals surface area contributed by atoms with Crippen LogP contribution in [0.2, 0.25) is 0 Å². The van der Waals surface area contributed by atoms with Gasteiger partial charge < -0.3 is 5.32 Å². The molecule has 4 aliphatic heterocycles. The van der Waals surface area contributed by atoms with E-state index in [0.29, 0.717) is 35.0 Å². The molecule has 3 aromatic rings. The smallest absolute Gasteiger partial charge is 0.0392 e. The van der Waals surface area contributed by atoms with Crippen molar-refractivity contribution in [2.75, 3.05) is 12.3 Å². The fourth-order valence-corrected chi connectivity index (χ4v) is 11.0. The summed E-state index contributed by atoms with van der Waals surface area (Å²) < 4.78 is 0. The van der Waals surface area contributed by atoms with Gasteiger partial charge >= 0.3 is 0 Å². The van der Waals surface area contributed by atoms with Gasteiger partial charge in [-0.05, 0) is 107 Å². The summed E-state index contributed by atoms with van der Waals surface area (Å²) >= 11 is 2.20. The Morgan fingerprint density at radius 2 is 1.28 bits per heavy atom. The molecular formula is C34H35NS. The molecule has 5 aliphatic carbocycles. The fourth-order valence-electron chi connectivity index (χ4n) is 9.39. The Kier molecular flexibility index (Phi) is 4.51. The van der Waals surface area contributed by atoms with Crippen LogP contribution in [0.4, 0.5) is 0 Å². The molecule has 9 aliphatic rings. The van der Waals surface area contributed by atoms with Gasteiger partial charge in [-0.15, -0.1) is 0 Å². The van der Waals surface area contributed by atoms with Gasteiger partial charge in [-0.1, -0.05) is 60.7 Å². The van der Waals surface area contributed by atoms with Crippen molar-refractivity contribution in [2.45, 2.75) is 85.3 Å². The molecule has 2 heteroatoms. The summed E-state index contributed by atoms with van der Waals surface area (Å²) in [6, 6.07) is 25.2. The number of hydrogen-bond donors (Lipinski definition) is 1. The summed E-state index contributed by atoms with van der Waals surface area (Å²) in [4.78, 5) is 0. The van der Waals surface area contributed by atoms with Crippen LogP contribution in [0.3, 0.4) is 0 Å². The van der Waals surface area contributed by atoms with Gasteiger partial charge in [0.05, 0.1) is 0 Å². The summed E-state index contributed by atoms with van der Waals surface area (Å²) in [5.74, 6) is 5.64. The zero-order chi connectivity index (χ0) is 23.4. The maximum absolute atomic E-state index is 3.97. The second-order valence-electron chi connectivity index (χ2n) is 12.6. The standard InChI is InChI=1S/C34H35NS/c1-2-4-26-25(3-1)32-18-36-33(26)16-30(32)21-10-12-27-29(13-21)23-15-31(34(27)35-17-23)22-9-11-24-19-5-7-20(8-6-19)28(24)14-22/h1-4,9-14,19-20,23,30-35H,5-8,15-18H2. The van der Waals surface area contributed by atoms with Gasteiger partial charge in [-0.2, -0.15) is 11.8 Å². The van der Waals surface area contributed by atoms with Crippen molar-refractivity contribution in [1.29, 1.82) is 0 Å². The first kappa shape index (κ1) is 21.0. The molecule has 6 unspecified atom stereocenters. The molecule has 0 amide bonds. The van der Waals surface area contributed by atoms with Gasteiger partial charge in [0.1, 0.15) is 0 Å². The van der Waals surface area contributed by atoms with Gasteiger partial charge in [-0.3, -0.25) is 0 Å².